The third-order valence-electron chi connectivity index (χ3n) is 3.47. The molecule has 106 valence electrons. The standard InChI is InChI=1S/C14H24BNO3/c1-13(2,18)14(3,4)19-15-11-5-7-12(8-6-11)16-9-10-17/h5-8,15-18H,9-10H2,1-4H3. The van der Waals surface area contributed by atoms with Crippen LogP contribution in [0.25, 0.3) is 0 Å². The minimum absolute atomic E-state index is 0.116. The Labute approximate surface area is 116 Å². The number of nitrogens with one attached hydrogen (secondary N) is 1. The highest BCUT2D eigenvalue weighted by Crippen LogP contribution is 2.24. The maximum absolute atomic E-state index is 10.0. The van der Waals surface area contributed by atoms with Crippen LogP contribution in [0, 0.1) is 0 Å². The van der Waals surface area contributed by atoms with E-state index in [2.05, 4.69) is 5.32 Å². The Balaban J connectivity index is 2.55. The van der Waals surface area contributed by atoms with Crippen molar-refractivity contribution < 1.29 is 14.9 Å². The normalized spacial score (nSPS) is 12.3. The van der Waals surface area contributed by atoms with E-state index in [9.17, 15) is 5.11 Å². The Morgan fingerprint density at radius 1 is 1.16 bits per heavy atom. The lowest BCUT2D eigenvalue weighted by molar-refractivity contribution is -0.0893. The van der Waals surface area contributed by atoms with Gasteiger partial charge in [-0.3, -0.25) is 0 Å². The number of hydrogen-bond donors (Lipinski definition) is 3. The fraction of sp³-hybridized carbons (Fsp3) is 0.571. The van der Waals surface area contributed by atoms with Gasteiger partial charge >= 0.3 is 7.48 Å². The molecule has 0 saturated carbocycles. The third-order valence-corrected chi connectivity index (χ3v) is 3.47. The second-order valence-electron chi connectivity index (χ2n) is 5.71. The molecule has 1 rings (SSSR count). The van der Waals surface area contributed by atoms with E-state index in [0.717, 1.165) is 11.2 Å². The van der Waals surface area contributed by atoms with E-state index in [1.165, 1.54) is 0 Å². The third kappa shape index (κ3) is 4.86. The number of aliphatic hydroxyl groups excluding tert-OH is 1. The first-order chi connectivity index (χ1) is 8.76. The molecule has 3 N–H and O–H groups in total. The molecule has 1 aromatic carbocycles. The van der Waals surface area contributed by atoms with E-state index >= 15 is 0 Å². The molecule has 0 spiro atoms. The first-order valence-electron chi connectivity index (χ1n) is 6.56. The summed E-state index contributed by atoms with van der Waals surface area (Å²) in [5, 5.41) is 21.8. The Morgan fingerprint density at radius 3 is 2.21 bits per heavy atom. The van der Waals surface area contributed by atoms with Crippen molar-refractivity contribution in [3.05, 3.63) is 24.3 Å². The lowest BCUT2D eigenvalue weighted by Crippen LogP contribution is -2.49. The summed E-state index contributed by atoms with van der Waals surface area (Å²) in [6.07, 6.45) is 0. The molecule has 19 heavy (non-hydrogen) atoms. The summed E-state index contributed by atoms with van der Waals surface area (Å²) in [7, 11) is 0.456. The summed E-state index contributed by atoms with van der Waals surface area (Å²) in [4.78, 5) is 0. The van der Waals surface area contributed by atoms with Crippen LogP contribution >= 0.6 is 0 Å². The van der Waals surface area contributed by atoms with Crippen LogP contribution in [-0.4, -0.2) is 42.0 Å². The van der Waals surface area contributed by atoms with Crippen molar-refractivity contribution in [3.63, 3.8) is 0 Å². The van der Waals surface area contributed by atoms with Crippen LogP contribution in [0.15, 0.2) is 24.3 Å². The molecule has 0 atom stereocenters. The zero-order valence-electron chi connectivity index (χ0n) is 12.2. The molecular formula is C14H24BNO3. The summed E-state index contributed by atoms with van der Waals surface area (Å²) in [5.41, 5.74) is 0.516. The second kappa shape index (κ2) is 6.41. The summed E-state index contributed by atoms with van der Waals surface area (Å²) >= 11 is 0. The average molecular weight is 265 g/mol. The van der Waals surface area contributed by atoms with Crippen molar-refractivity contribution in [2.24, 2.45) is 0 Å². The molecular weight excluding hydrogens is 241 g/mol. The molecule has 0 aliphatic heterocycles. The number of rotatable bonds is 7. The van der Waals surface area contributed by atoms with E-state index in [1.54, 1.807) is 13.8 Å². The first-order valence-corrected chi connectivity index (χ1v) is 6.56. The largest absolute Gasteiger partial charge is 0.427 e. The van der Waals surface area contributed by atoms with E-state index in [4.69, 9.17) is 9.76 Å². The fourth-order valence-electron chi connectivity index (χ4n) is 1.36. The van der Waals surface area contributed by atoms with Gasteiger partial charge < -0.3 is 20.2 Å². The minimum Gasteiger partial charge on any atom is -0.427 e. The van der Waals surface area contributed by atoms with Crippen LogP contribution in [0.4, 0.5) is 5.69 Å². The van der Waals surface area contributed by atoms with Gasteiger partial charge in [-0.15, -0.1) is 0 Å². The van der Waals surface area contributed by atoms with Gasteiger partial charge in [0.1, 0.15) is 0 Å². The Hall–Kier alpha value is -1.04. The Bertz CT molecular complexity index is 385. The van der Waals surface area contributed by atoms with Crippen LogP contribution in [0.3, 0.4) is 0 Å². The quantitative estimate of drug-likeness (QED) is 0.633. The van der Waals surface area contributed by atoms with Gasteiger partial charge in [0.15, 0.2) is 0 Å². The molecule has 0 aliphatic rings. The van der Waals surface area contributed by atoms with Crippen molar-refractivity contribution in [1.82, 2.24) is 0 Å². The highest BCUT2D eigenvalue weighted by molar-refractivity contribution is 6.47. The van der Waals surface area contributed by atoms with Gasteiger partial charge in [0.25, 0.3) is 0 Å². The van der Waals surface area contributed by atoms with E-state index < -0.39 is 11.2 Å². The van der Waals surface area contributed by atoms with Crippen molar-refractivity contribution in [2.75, 3.05) is 18.5 Å². The van der Waals surface area contributed by atoms with Crippen molar-refractivity contribution >= 4 is 18.6 Å². The highest BCUT2D eigenvalue weighted by Gasteiger charge is 2.35. The van der Waals surface area contributed by atoms with Crippen molar-refractivity contribution in [2.45, 2.75) is 38.9 Å². The van der Waals surface area contributed by atoms with E-state index in [0.29, 0.717) is 14.0 Å². The van der Waals surface area contributed by atoms with Crippen molar-refractivity contribution in [3.8, 4) is 0 Å². The van der Waals surface area contributed by atoms with Gasteiger partial charge in [-0.25, -0.2) is 0 Å². The zero-order chi connectivity index (χ0) is 14.5. The highest BCUT2D eigenvalue weighted by atomic mass is 16.5. The number of anilines is 1. The number of aliphatic hydroxyl groups is 2. The predicted molar refractivity (Wildman–Crippen MR) is 80.3 cm³/mol. The van der Waals surface area contributed by atoms with Gasteiger partial charge in [0, 0.05) is 12.2 Å². The fourth-order valence-corrected chi connectivity index (χ4v) is 1.36. The molecule has 5 heteroatoms. The molecule has 0 radical (unpaired) electrons. The smallest absolute Gasteiger partial charge is 0.309 e. The molecule has 4 nitrogen and oxygen atoms in total. The van der Waals surface area contributed by atoms with Gasteiger partial charge in [-0.1, -0.05) is 17.6 Å². The van der Waals surface area contributed by atoms with Crippen LogP contribution < -0.4 is 10.8 Å². The number of benzene rings is 1. The predicted octanol–water partition coefficient (Wildman–Crippen LogP) is 0.634. The molecule has 0 aromatic heterocycles. The van der Waals surface area contributed by atoms with Gasteiger partial charge in [0.05, 0.1) is 17.8 Å². The minimum atomic E-state index is -0.893. The molecule has 0 heterocycles. The summed E-state index contributed by atoms with van der Waals surface area (Å²) < 4.78 is 5.79. The summed E-state index contributed by atoms with van der Waals surface area (Å²) in [6.45, 7) is 7.91. The van der Waals surface area contributed by atoms with Crippen LogP contribution in [0.2, 0.25) is 0 Å². The average Bonchev–Trinajstić information content (AvgIpc) is 2.34. The maximum Gasteiger partial charge on any atom is 0.309 e. The van der Waals surface area contributed by atoms with Crippen LogP contribution in [-0.2, 0) is 4.65 Å². The molecule has 0 saturated heterocycles. The van der Waals surface area contributed by atoms with E-state index in [-0.39, 0.29) is 6.61 Å². The second-order valence-corrected chi connectivity index (χ2v) is 5.71. The van der Waals surface area contributed by atoms with Crippen LogP contribution in [0.5, 0.6) is 0 Å². The molecule has 0 unspecified atom stereocenters. The molecule has 0 bridgehead atoms. The lowest BCUT2D eigenvalue weighted by atomic mass is 9.82. The Kier molecular flexibility index (Phi) is 5.41. The summed E-state index contributed by atoms with van der Waals surface area (Å²) in [6, 6.07) is 7.84. The zero-order valence-corrected chi connectivity index (χ0v) is 12.2. The summed E-state index contributed by atoms with van der Waals surface area (Å²) in [5.74, 6) is 0. The molecule has 0 amide bonds. The van der Waals surface area contributed by atoms with Crippen LogP contribution in [0.1, 0.15) is 27.7 Å². The van der Waals surface area contributed by atoms with E-state index in [1.807, 2.05) is 38.1 Å². The Morgan fingerprint density at radius 2 is 1.74 bits per heavy atom. The molecule has 1 aromatic rings. The van der Waals surface area contributed by atoms with Gasteiger partial charge in [-0.2, -0.15) is 0 Å². The SMILES string of the molecule is CC(C)(O)C(C)(C)OBc1ccc(NCCO)cc1. The monoisotopic (exact) mass is 265 g/mol. The topological polar surface area (TPSA) is 61.7 Å². The molecule has 0 fully saturated rings. The number of hydrogen-bond acceptors (Lipinski definition) is 4. The van der Waals surface area contributed by atoms with Crippen molar-refractivity contribution in [1.29, 1.82) is 0 Å². The van der Waals surface area contributed by atoms with Gasteiger partial charge in [0.2, 0.25) is 0 Å². The molecule has 0 aliphatic carbocycles. The maximum atomic E-state index is 10.0. The first kappa shape index (κ1) is 16.0. The van der Waals surface area contributed by atoms with Gasteiger partial charge in [-0.05, 0) is 39.8 Å². The lowest BCUT2D eigenvalue weighted by Gasteiger charge is -2.37.